The number of carbonyl (C=O) groups excluding carboxylic acids is 1. The molecule has 0 spiro atoms. The summed E-state index contributed by atoms with van der Waals surface area (Å²) in [6.45, 7) is 3.75. The van der Waals surface area contributed by atoms with Crippen LogP contribution in [0.2, 0.25) is 0 Å². The molecule has 7 heteroatoms. The number of nitrogens with zero attached hydrogens (tertiary/aromatic N) is 1. The van der Waals surface area contributed by atoms with Crippen molar-refractivity contribution in [2.75, 3.05) is 12.8 Å². The highest BCUT2D eigenvalue weighted by molar-refractivity contribution is 7.93. The van der Waals surface area contributed by atoms with Crippen LogP contribution in [0.3, 0.4) is 0 Å². The van der Waals surface area contributed by atoms with Crippen molar-refractivity contribution in [3.05, 3.63) is 47.4 Å². The standard InChI is InChI=1S/C19H27FN2O3S/c1-14(10-12-26(3,24)25)21-19(23)22-11-9-17(15(2)20)13-18(22)16-7-5-4-6-8-16/h4-8,10,12,14-15,17-18H,9,11,13H2,1-3H3,(H,21,23)/b12-10+/t14?,15-,17-,18+/m1/s1. The van der Waals surface area contributed by atoms with E-state index in [0.717, 1.165) is 17.2 Å². The molecule has 2 amide bonds. The second-order valence-corrected chi connectivity index (χ2v) is 8.91. The van der Waals surface area contributed by atoms with E-state index in [-0.39, 0.29) is 18.0 Å². The van der Waals surface area contributed by atoms with Gasteiger partial charge in [0.25, 0.3) is 0 Å². The quantitative estimate of drug-likeness (QED) is 0.848. The number of alkyl halides is 1. The minimum absolute atomic E-state index is 0.0770. The van der Waals surface area contributed by atoms with E-state index in [0.29, 0.717) is 19.4 Å². The first-order valence-electron chi connectivity index (χ1n) is 8.82. The van der Waals surface area contributed by atoms with Gasteiger partial charge in [-0.05, 0) is 38.2 Å². The molecule has 26 heavy (non-hydrogen) atoms. The number of amides is 2. The molecule has 1 aliphatic rings. The highest BCUT2D eigenvalue weighted by Crippen LogP contribution is 2.36. The van der Waals surface area contributed by atoms with E-state index in [1.807, 2.05) is 30.3 Å². The number of rotatable bonds is 5. The highest BCUT2D eigenvalue weighted by atomic mass is 32.2. The third-order valence-electron chi connectivity index (χ3n) is 4.70. The Bertz CT molecular complexity index is 734. The molecule has 1 aromatic carbocycles. The Kier molecular flexibility index (Phi) is 6.81. The van der Waals surface area contributed by atoms with Crippen molar-refractivity contribution in [3.63, 3.8) is 0 Å². The molecule has 5 nitrogen and oxygen atoms in total. The van der Waals surface area contributed by atoms with Crippen molar-refractivity contribution < 1.29 is 17.6 Å². The second kappa shape index (κ2) is 8.66. The molecule has 144 valence electrons. The molecule has 1 heterocycles. The summed E-state index contributed by atoms with van der Waals surface area (Å²) in [5.41, 5.74) is 0.979. The predicted octanol–water partition coefficient (Wildman–Crippen LogP) is 3.45. The number of halogens is 1. The number of likely N-dealkylation sites (tertiary alicyclic amines) is 1. The maximum atomic E-state index is 13.8. The van der Waals surface area contributed by atoms with Crippen LogP contribution in [-0.4, -0.2) is 44.4 Å². The largest absolute Gasteiger partial charge is 0.332 e. The van der Waals surface area contributed by atoms with Crippen molar-refractivity contribution in [2.24, 2.45) is 5.92 Å². The van der Waals surface area contributed by atoms with Gasteiger partial charge in [-0.15, -0.1) is 0 Å². The van der Waals surface area contributed by atoms with Crippen LogP contribution in [0.15, 0.2) is 41.8 Å². The summed E-state index contributed by atoms with van der Waals surface area (Å²) in [4.78, 5) is 14.5. The van der Waals surface area contributed by atoms with Crippen LogP contribution in [0.25, 0.3) is 0 Å². The first kappa shape index (κ1) is 20.4. The summed E-state index contributed by atoms with van der Waals surface area (Å²) in [6.07, 6.45) is 2.82. The van der Waals surface area contributed by atoms with Gasteiger partial charge < -0.3 is 10.2 Å². The number of benzene rings is 1. The lowest BCUT2D eigenvalue weighted by Crippen LogP contribution is -2.49. The van der Waals surface area contributed by atoms with E-state index in [1.165, 1.54) is 6.08 Å². The first-order chi connectivity index (χ1) is 12.2. The van der Waals surface area contributed by atoms with Crippen LogP contribution < -0.4 is 5.32 Å². The Morgan fingerprint density at radius 3 is 2.54 bits per heavy atom. The van der Waals surface area contributed by atoms with Gasteiger partial charge in [0.15, 0.2) is 9.84 Å². The number of piperidine rings is 1. The van der Waals surface area contributed by atoms with Gasteiger partial charge >= 0.3 is 6.03 Å². The number of hydrogen-bond acceptors (Lipinski definition) is 3. The average molecular weight is 383 g/mol. The molecule has 1 fully saturated rings. The minimum atomic E-state index is -3.24. The van der Waals surface area contributed by atoms with Gasteiger partial charge in [-0.1, -0.05) is 36.4 Å². The zero-order chi connectivity index (χ0) is 19.3. The Balaban J connectivity index is 2.14. The zero-order valence-corrected chi connectivity index (χ0v) is 16.2. The van der Waals surface area contributed by atoms with Crippen molar-refractivity contribution in [2.45, 2.75) is 44.9 Å². The van der Waals surface area contributed by atoms with Crippen LogP contribution in [0.1, 0.15) is 38.3 Å². The van der Waals surface area contributed by atoms with E-state index >= 15 is 0 Å². The topological polar surface area (TPSA) is 66.5 Å². The Morgan fingerprint density at radius 1 is 1.31 bits per heavy atom. The van der Waals surface area contributed by atoms with E-state index in [2.05, 4.69) is 5.32 Å². The van der Waals surface area contributed by atoms with Gasteiger partial charge in [-0.3, -0.25) is 0 Å². The van der Waals surface area contributed by atoms with Crippen LogP contribution in [-0.2, 0) is 9.84 Å². The smallest absolute Gasteiger partial charge is 0.318 e. The summed E-state index contributed by atoms with van der Waals surface area (Å²) in [5.74, 6) is -0.0770. The molecule has 1 saturated heterocycles. The summed E-state index contributed by atoms with van der Waals surface area (Å²) in [5, 5.41) is 3.89. The number of sulfone groups is 1. The predicted molar refractivity (Wildman–Crippen MR) is 101 cm³/mol. The van der Waals surface area contributed by atoms with Crippen LogP contribution in [0, 0.1) is 5.92 Å². The fourth-order valence-electron chi connectivity index (χ4n) is 3.23. The van der Waals surface area contributed by atoms with Crippen LogP contribution >= 0.6 is 0 Å². The minimum Gasteiger partial charge on any atom is -0.332 e. The highest BCUT2D eigenvalue weighted by Gasteiger charge is 2.35. The maximum absolute atomic E-state index is 13.8. The summed E-state index contributed by atoms with van der Waals surface area (Å²) < 4.78 is 36.3. The Hall–Kier alpha value is -1.89. The van der Waals surface area contributed by atoms with Crippen molar-refractivity contribution >= 4 is 15.9 Å². The van der Waals surface area contributed by atoms with Gasteiger partial charge in [-0.25, -0.2) is 17.6 Å². The molecule has 1 aliphatic heterocycles. The molecule has 1 unspecified atom stereocenters. The van der Waals surface area contributed by atoms with E-state index in [9.17, 15) is 17.6 Å². The van der Waals surface area contributed by atoms with Gasteiger partial charge in [0.2, 0.25) is 0 Å². The maximum Gasteiger partial charge on any atom is 0.318 e. The SMILES string of the molecule is CC(/C=C/S(C)(=O)=O)NC(=O)N1CC[C@@H]([C@@H](C)F)C[C@H]1c1ccccc1. The molecule has 0 aliphatic carbocycles. The van der Waals surface area contributed by atoms with E-state index in [4.69, 9.17) is 0 Å². The first-order valence-corrected chi connectivity index (χ1v) is 10.8. The molecular weight excluding hydrogens is 355 g/mol. The molecule has 1 aromatic rings. The fourth-order valence-corrected chi connectivity index (χ4v) is 3.75. The number of hydrogen-bond donors (Lipinski definition) is 1. The van der Waals surface area contributed by atoms with Crippen molar-refractivity contribution in [1.29, 1.82) is 0 Å². The number of carbonyl (C=O) groups is 1. The van der Waals surface area contributed by atoms with Gasteiger partial charge in [-0.2, -0.15) is 0 Å². The summed E-state index contributed by atoms with van der Waals surface area (Å²) >= 11 is 0. The molecule has 1 N–H and O–H groups in total. The van der Waals surface area contributed by atoms with Gasteiger partial charge in [0.05, 0.1) is 6.04 Å². The normalized spacial score (nSPS) is 23.6. The fraction of sp³-hybridized carbons (Fsp3) is 0.526. The molecule has 0 aromatic heterocycles. The lowest BCUT2D eigenvalue weighted by molar-refractivity contribution is 0.0936. The molecular formula is C19H27FN2O3S. The second-order valence-electron chi connectivity index (χ2n) is 6.98. The molecule has 0 radical (unpaired) electrons. The monoisotopic (exact) mass is 382 g/mol. The number of nitrogens with one attached hydrogen (secondary N) is 1. The summed E-state index contributed by atoms with van der Waals surface area (Å²) in [6, 6.07) is 8.73. The molecule has 0 bridgehead atoms. The van der Waals surface area contributed by atoms with E-state index < -0.39 is 22.1 Å². The molecule has 0 saturated carbocycles. The number of urea groups is 1. The molecule has 4 atom stereocenters. The van der Waals surface area contributed by atoms with Crippen LogP contribution in [0.4, 0.5) is 9.18 Å². The third kappa shape index (κ3) is 5.83. The van der Waals surface area contributed by atoms with Gasteiger partial charge in [0.1, 0.15) is 6.17 Å². The molecule has 2 rings (SSSR count). The Labute approximate surface area is 155 Å². The van der Waals surface area contributed by atoms with Crippen molar-refractivity contribution in [3.8, 4) is 0 Å². The lowest BCUT2D eigenvalue weighted by Gasteiger charge is -2.40. The summed E-state index contributed by atoms with van der Waals surface area (Å²) in [7, 11) is -3.24. The van der Waals surface area contributed by atoms with Crippen LogP contribution in [0.5, 0.6) is 0 Å². The van der Waals surface area contributed by atoms with Crippen molar-refractivity contribution in [1.82, 2.24) is 10.2 Å². The zero-order valence-electron chi connectivity index (χ0n) is 15.4. The average Bonchev–Trinajstić information content (AvgIpc) is 2.59. The third-order valence-corrected chi connectivity index (χ3v) is 5.35. The van der Waals surface area contributed by atoms with E-state index in [1.54, 1.807) is 18.7 Å². The lowest BCUT2D eigenvalue weighted by atomic mass is 9.85. The van der Waals surface area contributed by atoms with Gasteiger partial charge in [0, 0.05) is 24.3 Å². The Morgan fingerprint density at radius 2 is 1.96 bits per heavy atom.